The molecule has 19 heavy (non-hydrogen) atoms. The Morgan fingerprint density at radius 2 is 2.21 bits per heavy atom. The number of anilines is 1. The Balaban J connectivity index is 2.10. The number of hydrogen-bond acceptors (Lipinski definition) is 3. The van der Waals surface area contributed by atoms with Gasteiger partial charge in [-0.15, -0.1) is 0 Å². The summed E-state index contributed by atoms with van der Waals surface area (Å²) in [5, 5.41) is 2.97. The second-order valence-corrected chi connectivity index (χ2v) is 5.52. The van der Waals surface area contributed by atoms with E-state index in [0.717, 1.165) is 29.7 Å². The van der Waals surface area contributed by atoms with Gasteiger partial charge in [-0.1, -0.05) is 23.8 Å². The van der Waals surface area contributed by atoms with E-state index in [1.807, 2.05) is 37.1 Å². The van der Waals surface area contributed by atoms with E-state index in [0.29, 0.717) is 17.6 Å². The zero-order valence-electron chi connectivity index (χ0n) is 11.3. The van der Waals surface area contributed by atoms with Crippen molar-refractivity contribution in [2.24, 2.45) is 5.73 Å². The highest BCUT2D eigenvalue weighted by Crippen LogP contribution is 2.22. The van der Waals surface area contributed by atoms with Gasteiger partial charge in [-0.2, -0.15) is 0 Å². The van der Waals surface area contributed by atoms with Gasteiger partial charge in [-0.25, -0.2) is 0 Å². The quantitative estimate of drug-likeness (QED) is 0.798. The molecule has 0 heterocycles. The zero-order valence-corrected chi connectivity index (χ0v) is 12.1. The predicted octanol–water partition coefficient (Wildman–Crippen LogP) is 1.34. The monoisotopic (exact) mass is 277 g/mol. The van der Waals surface area contributed by atoms with E-state index < -0.39 is 0 Å². The van der Waals surface area contributed by atoms with Crippen LogP contribution in [0.3, 0.4) is 0 Å². The van der Waals surface area contributed by atoms with Crippen molar-refractivity contribution >= 4 is 28.8 Å². The van der Waals surface area contributed by atoms with Crippen LogP contribution in [0.25, 0.3) is 0 Å². The predicted molar refractivity (Wildman–Crippen MR) is 81.5 cm³/mol. The summed E-state index contributed by atoms with van der Waals surface area (Å²) in [6.45, 7) is 2.31. The summed E-state index contributed by atoms with van der Waals surface area (Å²) in [6, 6.07) is 6.28. The number of carbonyl (C=O) groups is 1. The number of amides is 1. The maximum absolute atomic E-state index is 11.8. The Kier molecular flexibility index (Phi) is 4.04. The third-order valence-corrected chi connectivity index (χ3v) is 3.37. The van der Waals surface area contributed by atoms with Crippen molar-refractivity contribution in [2.75, 3.05) is 18.5 Å². The molecular weight excluding hydrogens is 258 g/mol. The van der Waals surface area contributed by atoms with Gasteiger partial charge >= 0.3 is 0 Å². The number of thiocarbonyl (C=S) groups is 1. The molecule has 1 aliphatic carbocycles. The molecule has 3 N–H and O–H groups in total. The molecule has 1 amide bonds. The highest BCUT2D eigenvalue weighted by atomic mass is 32.1. The van der Waals surface area contributed by atoms with Gasteiger partial charge < -0.3 is 16.0 Å². The Morgan fingerprint density at radius 1 is 1.53 bits per heavy atom. The number of nitrogens with one attached hydrogen (secondary N) is 1. The van der Waals surface area contributed by atoms with Crippen molar-refractivity contribution in [1.82, 2.24) is 5.32 Å². The van der Waals surface area contributed by atoms with Crippen molar-refractivity contribution in [3.63, 3.8) is 0 Å². The van der Waals surface area contributed by atoms with Gasteiger partial charge in [0.1, 0.15) is 4.99 Å². The molecule has 102 valence electrons. The summed E-state index contributed by atoms with van der Waals surface area (Å²) in [5.74, 6) is 0.0412. The molecule has 0 aliphatic heterocycles. The number of aryl methyl sites for hydroxylation is 1. The Morgan fingerprint density at radius 3 is 2.79 bits per heavy atom. The van der Waals surface area contributed by atoms with Gasteiger partial charge in [0.05, 0.1) is 6.54 Å². The largest absolute Gasteiger partial charge is 0.389 e. The molecule has 1 fully saturated rings. The maximum Gasteiger partial charge on any atom is 0.239 e. The van der Waals surface area contributed by atoms with Gasteiger partial charge in [0.2, 0.25) is 5.91 Å². The lowest BCUT2D eigenvalue weighted by Gasteiger charge is -2.22. The first kappa shape index (κ1) is 13.8. The van der Waals surface area contributed by atoms with E-state index in [1.54, 1.807) is 0 Å². The van der Waals surface area contributed by atoms with Gasteiger partial charge in [0, 0.05) is 24.3 Å². The Hall–Kier alpha value is -1.62. The average molecular weight is 277 g/mol. The van der Waals surface area contributed by atoms with E-state index in [2.05, 4.69) is 5.32 Å². The third-order valence-electron chi connectivity index (χ3n) is 3.15. The second-order valence-electron chi connectivity index (χ2n) is 5.08. The van der Waals surface area contributed by atoms with E-state index in [9.17, 15) is 4.79 Å². The molecule has 1 saturated carbocycles. The summed E-state index contributed by atoms with van der Waals surface area (Å²) in [4.78, 5) is 14.0. The fourth-order valence-electron chi connectivity index (χ4n) is 1.98. The molecule has 0 atom stereocenters. The van der Waals surface area contributed by atoms with Crippen LogP contribution in [-0.2, 0) is 4.79 Å². The Bertz CT molecular complexity index is 511. The van der Waals surface area contributed by atoms with Crippen LogP contribution in [-0.4, -0.2) is 30.5 Å². The van der Waals surface area contributed by atoms with E-state index >= 15 is 0 Å². The lowest BCUT2D eigenvalue weighted by molar-refractivity contribution is -0.119. The molecule has 4 nitrogen and oxygen atoms in total. The zero-order chi connectivity index (χ0) is 14.0. The molecule has 0 bridgehead atoms. The van der Waals surface area contributed by atoms with E-state index in [1.165, 1.54) is 0 Å². The molecule has 1 aliphatic rings. The number of benzene rings is 1. The fourth-order valence-corrected chi connectivity index (χ4v) is 2.15. The van der Waals surface area contributed by atoms with Crippen LogP contribution in [0.2, 0.25) is 0 Å². The average Bonchev–Trinajstić information content (AvgIpc) is 3.12. The minimum atomic E-state index is 0.0412. The normalized spacial score (nSPS) is 14.0. The SMILES string of the molecule is Cc1ccc(N(C)CC(=O)NC2CC2)c(C(N)=S)c1. The topological polar surface area (TPSA) is 58.4 Å². The molecule has 0 aromatic heterocycles. The van der Waals surface area contributed by atoms with Crippen LogP contribution < -0.4 is 16.0 Å². The third kappa shape index (κ3) is 3.67. The Labute approximate surface area is 119 Å². The summed E-state index contributed by atoms with van der Waals surface area (Å²) >= 11 is 5.07. The molecule has 0 spiro atoms. The van der Waals surface area contributed by atoms with Crippen LogP contribution in [0, 0.1) is 6.92 Å². The van der Waals surface area contributed by atoms with E-state index in [-0.39, 0.29) is 5.91 Å². The smallest absolute Gasteiger partial charge is 0.239 e. The van der Waals surface area contributed by atoms with Crippen LogP contribution >= 0.6 is 12.2 Å². The molecule has 0 radical (unpaired) electrons. The lowest BCUT2D eigenvalue weighted by Crippen LogP contribution is -2.37. The van der Waals surface area contributed by atoms with Crippen molar-refractivity contribution in [3.8, 4) is 0 Å². The first-order chi connectivity index (χ1) is 8.97. The maximum atomic E-state index is 11.8. The molecule has 2 rings (SSSR count). The molecule has 0 unspecified atom stereocenters. The first-order valence-corrected chi connectivity index (χ1v) is 6.79. The number of carbonyl (C=O) groups excluding carboxylic acids is 1. The standard InChI is InChI=1S/C14H19N3OS/c1-9-3-6-12(11(7-9)14(15)19)17(2)8-13(18)16-10-4-5-10/h3,6-7,10H,4-5,8H2,1-2H3,(H2,15,19)(H,16,18). The van der Waals surface area contributed by atoms with Crippen LogP contribution in [0.1, 0.15) is 24.0 Å². The molecule has 1 aromatic rings. The fraction of sp³-hybridized carbons (Fsp3) is 0.429. The minimum absolute atomic E-state index is 0.0412. The second kappa shape index (κ2) is 5.57. The van der Waals surface area contributed by atoms with Crippen LogP contribution in [0.15, 0.2) is 18.2 Å². The minimum Gasteiger partial charge on any atom is -0.389 e. The van der Waals surface area contributed by atoms with Gasteiger partial charge in [0.25, 0.3) is 0 Å². The van der Waals surface area contributed by atoms with Crippen molar-refractivity contribution in [1.29, 1.82) is 0 Å². The highest BCUT2D eigenvalue weighted by molar-refractivity contribution is 7.80. The van der Waals surface area contributed by atoms with E-state index in [4.69, 9.17) is 18.0 Å². The first-order valence-electron chi connectivity index (χ1n) is 6.38. The summed E-state index contributed by atoms with van der Waals surface area (Å²) < 4.78 is 0. The lowest BCUT2D eigenvalue weighted by atomic mass is 10.1. The van der Waals surface area contributed by atoms with Crippen LogP contribution in [0.5, 0.6) is 0 Å². The molecular formula is C14H19N3OS. The number of likely N-dealkylation sites (N-methyl/N-ethyl adjacent to an activating group) is 1. The summed E-state index contributed by atoms with van der Waals surface area (Å²) in [6.07, 6.45) is 2.19. The number of nitrogens with zero attached hydrogens (tertiary/aromatic N) is 1. The number of nitrogens with two attached hydrogens (primary N) is 1. The molecule has 1 aromatic carbocycles. The highest BCUT2D eigenvalue weighted by Gasteiger charge is 2.24. The van der Waals surface area contributed by atoms with Gasteiger partial charge in [0.15, 0.2) is 0 Å². The van der Waals surface area contributed by atoms with Gasteiger partial charge in [-0.05, 0) is 31.9 Å². The number of hydrogen-bond donors (Lipinski definition) is 2. The van der Waals surface area contributed by atoms with Gasteiger partial charge in [-0.3, -0.25) is 4.79 Å². The summed E-state index contributed by atoms with van der Waals surface area (Å²) in [5.41, 5.74) is 8.56. The van der Waals surface area contributed by atoms with Crippen LogP contribution in [0.4, 0.5) is 5.69 Å². The van der Waals surface area contributed by atoms with Crippen molar-refractivity contribution in [2.45, 2.75) is 25.8 Å². The molecule has 0 saturated heterocycles. The van der Waals surface area contributed by atoms with Crippen molar-refractivity contribution in [3.05, 3.63) is 29.3 Å². The van der Waals surface area contributed by atoms with Crippen molar-refractivity contribution < 1.29 is 4.79 Å². The molecule has 5 heteroatoms. The summed E-state index contributed by atoms with van der Waals surface area (Å²) in [7, 11) is 1.87. The number of rotatable bonds is 5.